The summed E-state index contributed by atoms with van der Waals surface area (Å²) in [4.78, 5) is 24.0. The Kier molecular flexibility index (Phi) is 5.67. The van der Waals surface area contributed by atoms with E-state index in [9.17, 15) is 4.79 Å². The number of carbonyl (C=O) groups excluding carboxylic acids is 1. The molecule has 1 N–H and O–H groups in total. The summed E-state index contributed by atoms with van der Waals surface area (Å²) in [7, 11) is 2.87. The number of benzene rings is 1. The lowest BCUT2D eigenvalue weighted by Crippen LogP contribution is -2.36. The zero-order valence-electron chi connectivity index (χ0n) is 13.1. The van der Waals surface area contributed by atoms with E-state index in [1.165, 1.54) is 14.2 Å². The van der Waals surface area contributed by atoms with Gasteiger partial charge in [-0.1, -0.05) is 18.2 Å². The maximum atomic E-state index is 12.1. The molecule has 0 fully saturated rings. The number of aromatic nitrogens is 3. The number of carbonyl (C=O) groups is 1. The maximum absolute atomic E-state index is 12.1. The molecule has 0 unspecified atom stereocenters. The van der Waals surface area contributed by atoms with Crippen LogP contribution in [-0.4, -0.2) is 41.2 Å². The van der Waals surface area contributed by atoms with E-state index in [1.807, 2.05) is 18.2 Å². The van der Waals surface area contributed by atoms with Gasteiger partial charge in [-0.15, -0.1) is 4.98 Å². The standard InChI is InChI=1S/C15H18N4O4/c1-10(23-11-7-5-4-6-8-11)13(20)16-9-12-17-14(21-2)19-15(18-12)22-3/h4-8,10H,9H2,1-3H3,(H,16,20)/t10-/m0/s1. The summed E-state index contributed by atoms with van der Waals surface area (Å²) >= 11 is 0. The first-order valence-corrected chi connectivity index (χ1v) is 6.94. The van der Waals surface area contributed by atoms with E-state index < -0.39 is 6.10 Å². The van der Waals surface area contributed by atoms with Crippen LogP contribution in [0.2, 0.25) is 0 Å². The van der Waals surface area contributed by atoms with Crippen LogP contribution in [0.1, 0.15) is 12.7 Å². The molecule has 1 amide bonds. The van der Waals surface area contributed by atoms with Crippen LogP contribution >= 0.6 is 0 Å². The molecule has 122 valence electrons. The van der Waals surface area contributed by atoms with Crippen molar-refractivity contribution in [3.05, 3.63) is 36.2 Å². The summed E-state index contributed by atoms with van der Waals surface area (Å²) in [6, 6.07) is 9.35. The van der Waals surface area contributed by atoms with Crippen molar-refractivity contribution in [2.45, 2.75) is 19.6 Å². The zero-order valence-corrected chi connectivity index (χ0v) is 13.1. The second-order valence-corrected chi connectivity index (χ2v) is 4.52. The minimum atomic E-state index is -0.650. The molecule has 1 aromatic heterocycles. The van der Waals surface area contributed by atoms with Gasteiger partial charge in [0.1, 0.15) is 5.75 Å². The minimum absolute atomic E-state index is 0.108. The number of hydrogen-bond donors (Lipinski definition) is 1. The number of nitrogens with one attached hydrogen (secondary N) is 1. The summed E-state index contributed by atoms with van der Waals surface area (Å²) in [6.45, 7) is 1.77. The lowest BCUT2D eigenvalue weighted by molar-refractivity contribution is -0.127. The highest BCUT2D eigenvalue weighted by Crippen LogP contribution is 2.11. The summed E-state index contributed by atoms with van der Waals surface area (Å²) in [6.07, 6.45) is -0.650. The van der Waals surface area contributed by atoms with Crippen LogP contribution in [-0.2, 0) is 11.3 Å². The van der Waals surface area contributed by atoms with Gasteiger partial charge in [0.25, 0.3) is 5.91 Å². The Balaban J connectivity index is 1.93. The quantitative estimate of drug-likeness (QED) is 0.812. The van der Waals surface area contributed by atoms with Gasteiger partial charge in [-0.2, -0.15) is 9.97 Å². The predicted octanol–water partition coefficient (Wildman–Crippen LogP) is 0.972. The van der Waals surface area contributed by atoms with Crippen molar-refractivity contribution >= 4 is 5.91 Å². The van der Waals surface area contributed by atoms with Crippen molar-refractivity contribution in [1.82, 2.24) is 20.3 Å². The minimum Gasteiger partial charge on any atom is -0.481 e. The third-order valence-corrected chi connectivity index (χ3v) is 2.85. The second-order valence-electron chi connectivity index (χ2n) is 4.52. The fourth-order valence-electron chi connectivity index (χ4n) is 1.71. The van der Waals surface area contributed by atoms with Crippen molar-refractivity contribution in [2.24, 2.45) is 0 Å². The molecule has 0 aliphatic heterocycles. The van der Waals surface area contributed by atoms with E-state index in [0.29, 0.717) is 11.6 Å². The molecule has 0 aliphatic carbocycles. The average molecular weight is 318 g/mol. The van der Waals surface area contributed by atoms with Crippen molar-refractivity contribution in [1.29, 1.82) is 0 Å². The molecule has 2 aromatic rings. The molecule has 1 heterocycles. The Bertz CT molecular complexity index is 629. The highest BCUT2D eigenvalue weighted by atomic mass is 16.5. The van der Waals surface area contributed by atoms with Gasteiger partial charge >= 0.3 is 12.0 Å². The SMILES string of the molecule is COc1nc(CNC(=O)[C@H](C)Oc2ccccc2)nc(OC)n1. The highest BCUT2D eigenvalue weighted by Gasteiger charge is 2.15. The number of methoxy groups -OCH3 is 2. The van der Waals surface area contributed by atoms with Crippen LogP contribution in [0, 0.1) is 0 Å². The van der Waals surface area contributed by atoms with E-state index >= 15 is 0 Å². The van der Waals surface area contributed by atoms with Crippen LogP contribution in [0.3, 0.4) is 0 Å². The molecule has 0 radical (unpaired) electrons. The molecule has 0 spiro atoms. The molecular formula is C15H18N4O4. The van der Waals surface area contributed by atoms with E-state index in [1.54, 1.807) is 19.1 Å². The number of nitrogens with zero attached hydrogens (tertiary/aromatic N) is 3. The Morgan fingerprint density at radius 2 is 1.70 bits per heavy atom. The molecule has 0 aliphatic rings. The van der Waals surface area contributed by atoms with Crippen molar-refractivity contribution < 1.29 is 19.0 Å². The highest BCUT2D eigenvalue weighted by molar-refractivity contribution is 5.80. The largest absolute Gasteiger partial charge is 0.481 e. The van der Waals surface area contributed by atoms with E-state index in [0.717, 1.165) is 0 Å². The number of hydrogen-bond acceptors (Lipinski definition) is 7. The van der Waals surface area contributed by atoms with E-state index in [-0.39, 0.29) is 24.5 Å². The molecule has 0 saturated heterocycles. The molecule has 1 aromatic carbocycles. The van der Waals surface area contributed by atoms with E-state index in [4.69, 9.17) is 14.2 Å². The smallest absolute Gasteiger partial charge is 0.322 e. The van der Waals surface area contributed by atoms with Crippen LogP contribution in [0.4, 0.5) is 0 Å². The average Bonchev–Trinajstić information content (AvgIpc) is 2.60. The molecular weight excluding hydrogens is 300 g/mol. The Morgan fingerprint density at radius 3 is 2.26 bits per heavy atom. The molecule has 1 atom stereocenters. The summed E-state index contributed by atoms with van der Waals surface area (Å²) in [5.74, 6) is 0.666. The fourth-order valence-corrected chi connectivity index (χ4v) is 1.71. The lowest BCUT2D eigenvalue weighted by atomic mass is 10.3. The molecule has 8 heteroatoms. The van der Waals surface area contributed by atoms with Gasteiger partial charge in [-0.05, 0) is 19.1 Å². The Hall–Kier alpha value is -2.90. The van der Waals surface area contributed by atoms with Crippen molar-refractivity contribution in [2.75, 3.05) is 14.2 Å². The lowest BCUT2D eigenvalue weighted by Gasteiger charge is -2.14. The van der Waals surface area contributed by atoms with Crippen LogP contribution in [0.15, 0.2) is 30.3 Å². The van der Waals surface area contributed by atoms with Crippen LogP contribution in [0.5, 0.6) is 17.8 Å². The van der Waals surface area contributed by atoms with Gasteiger partial charge in [-0.25, -0.2) is 0 Å². The molecule has 23 heavy (non-hydrogen) atoms. The van der Waals surface area contributed by atoms with Crippen LogP contribution < -0.4 is 19.5 Å². The summed E-state index contributed by atoms with van der Waals surface area (Å²) in [5, 5.41) is 2.69. The monoisotopic (exact) mass is 318 g/mol. The number of ether oxygens (including phenoxy) is 3. The number of amides is 1. The normalized spacial score (nSPS) is 11.4. The number of rotatable bonds is 7. The first kappa shape index (κ1) is 16.5. The van der Waals surface area contributed by atoms with Gasteiger partial charge in [0.2, 0.25) is 0 Å². The summed E-state index contributed by atoms with van der Waals surface area (Å²) < 4.78 is 15.4. The predicted molar refractivity (Wildman–Crippen MR) is 81.3 cm³/mol. The van der Waals surface area contributed by atoms with Gasteiger partial charge < -0.3 is 19.5 Å². The molecule has 8 nitrogen and oxygen atoms in total. The molecule has 0 bridgehead atoms. The Morgan fingerprint density at radius 1 is 1.09 bits per heavy atom. The van der Waals surface area contributed by atoms with Crippen molar-refractivity contribution in [3.63, 3.8) is 0 Å². The third kappa shape index (κ3) is 4.80. The summed E-state index contributed by atoms with van der Waals surface area (Å²) in [5.41, 5.74) is 0. The molecule has 2 rings (SSSR count). The van der Waals surface area contributed by atoms with E-state index in [2.05, 4.69) is 20.3 Å². The van der Waals surface area contributed by atoms with Crippen molar-refractivity contribution in [3.8, 4) is 17.8 Å². The number of para-hydroxylation sites is 1. The Labute approximate surface area is 133 Å². The van der Waals surface area contributed by atoms with Gasteiger partial charge in [0.05, 0.1) is 20.8 Å². The van der Waals surface area contributed by atoms with Gasteiger partial charge in [-0.3, -0.25) is 4.79 Å². The first-order chi connectivity index (χ1) is 11.1. The maximum Gasteiger partial charge on any atom is 0.322 e. The topological polar surface area (TPSA) is 95.5 Å². The van der Waals surface area contributed by atoms with Gasteiger partial charge in [0.15, 0.2) is 11.9 Å². The first-order valence-electron chi connectivity index (χ1n) is 6.94. The second kappa shape index (κ2) is 7.92. The van der Waals surface area contributed by atoms with Gasteiger partial charge in [0, 0.05) is 0 Å². The fraction of sp³-hybridized carbons (Fsp3) is 0.333. The zero-order chi connectivity index (χ0) is 16.7. The van der Waals surface area contributed by atoms with Crippen LogP contribution in [0.25, 0.3) is 0 Å². The third-order valence-electron chi connectivity index (χ3n) is 2.85. The molecule has 0 saturated carbocycles.